The molecule has 8 nitrogen and oxygen atoms in total. The van der Waals surface area contributed by atoms with E-state index in [1.165, 1.54) is 83.5 Å². The van der Waals surface area contributed by atoms with E-state index in [9.17, 15) is 19.2 Å². The van der Waals surface area contributed by atoms with Crippen LogP contribution in [0.15, 0.2) is 30.3 Å². The summed E-state index contributed by atoms with van der Waals surface area (Å²) in [6.07, 6.45) is 25.1. The smallest absolute Gasteiger partial charge is 0.408 e. The van der Waals surface area contributed by atoms with Gasteiger partial charge in [-0.15, -0.1) is 0 Å². The number of ether oxygens (including phenoxy) is 1. The van der Waals surface area contributed by atoms with E-state index in [0.717, 1.165) is 56.9 Å². The number of aliphatic carboxylic acids is 1. The van der Waals surface area contributed by atoms with Gasteiger partial charge in [0.2, 0.25) is 5.91 Å². The number of rotatable bonds is 31. The van der Waals surface area contributed by atoms with Crippen molar-refractivity contribution in [3.05, 3.63) is 35.9 Å². The quantitative estimate of drug-likeness (QED) is 0.0683. The average molecular weight is 659 g/mol. The van der Waals surface area contributed by atoms with Crippen molar-refractivity contribution in [1.29, 1.82) is 0 Å². The van der Waals surface area contributed by atoms with Crippen LogP contribution in [0.3, 0.4) is 0 Å². The second kappa shape index (κ2) is 29.3. The van der Waals surface area contributed by atoms with Crippen LogP contribution in [0.25, 0.3) is 0 Å². The normalized spacial score (nSPS) is 12.3. The zero-order valence-corrected chi connectivity index (χ0v) is 29.7. The van der Waals surface area contributed by atoms with Crippen LogP contribution in [0.2, 0.25) is 0 Å². The third kappa shape index (κ3) is 24.0. The van der Waals surface area contributed by atoms with E-state index >= 15 is 0 Å². The highest BCUT2D eigenvalue weighted by Crippen LogP contribution is 2.22. The molecular formula is C39H66N2O6. The lowest BCUT2D eigenvalue weighted by Gasteiger charge is -2.20. The predicted octanol–water partition coefficient (Wildman–Crippen LogP) is 9.68. The highest BCUT2D eigenvalue weighted by atomic mass is 16.5. The second-order valence-corrected chi connectivity index (χ2v) is 13.2. The number of carboxylic acid groups (broad SMARTS) is 1. The first-order chi connectivity index (χ1) is 22.9. The number of amides is 2. The summed E-state index contributed by atoms with van der Waals surface area (Å²) in [6.45, 7) is 3.91. The summed E-state index contributed by atoms with van der Waals surface area (Å²) < 4.78 is 5.27. The molecule has 2 amide bonds. The summed E-state index contributed by atoms with van der Waals surface area (Å²) in [5.74, 6) is -1.77. The summed E-state index contributed by atoms with van der Waals surface area (Å²) >= 11 is 0. The van der Waals surface area contributed by atoms with Gasteiger partial charge in [0.1, 0.15) is 25.0 Å². The molecule has 3 N–H and O–H groups in total. The number of nitrogens with one attached hydrogen (secondary N) is 2. The van der Waals surface area contributed by atoms with Gasteiger partial charge in [0.05, 0.1) is 0 Å². The molecule has 0 saturated heterocycles. The van der Waals surface area contributed by atoms with Crippen molar-refractivity contribution in [1.82, 2.24) is 10.6 Å². The van der Waals surface area contributed by atoms with Gasteiger partial charge in [-0.1, -0.05) is 166 Å². The Hall–Kier alpha value is -2.90. The van der Waals surface area contributed by atoms with E-state index in [2.05, 4.69) is 24.5 Å². The van der Waals surface area contributed by atoms with Gasteiger partial charge >= 0.3 is 12.1 Å². The molecular weight excluding hydrogens is 592 g/mol. The number of carbonyl (C=O) groups excluding carboxylic acids is 3. The van der Waals surface area contributed by atoms with Crippen molar-refractivity contribution < 1.29 is 29.0 Å². The van der Waals surface area contributed by atoms with E-state index in [1.807, 2.05) is 30.3 Å². The topological polar surface area (TPSA) is 122 Å². The molecule has 0 bridgehead atoms. The third-order valence-electron chi connectivity index (χ3n) is 8.93. The Bertz CT molecular complexity index is 954. The molecule has 0 heterocycles. The van der Waals surface area contributed by atoms with E-state index in [1.54, 1.807) is 0 Å². The molecule has 2 atom stereocenters. The van der Waals surface area contributed by atoms with Crippen LogP contribution < -0.4 is 10.6 Å². The standard InChI is InChI=1S/C39H66N2O6/c1-3-5-7-9-10-11-12-13-14-15-16-17-18-19-24-28-34(27-23-8-6-4-2)36(42)30-29-35(38(45)40-31-37(43)44)41-39(46)47-32-33-25-21-20-22-26-33/h20-22,25-26,34-35H,3-19,23-24,27-32H2,1-2H3,(H,40,45)(H,41,46)(H,43,44). The van der Waals surface area contributed by atoms with Crippen LogP contribution in [-0.2, 0) is 25.7 Å². The first kappa shape index (κ1) is 42.1. The first-order valence-electron chi connectivity index (χ1n) is 18.9. The molecule has 0 aliphatic carbocycles. The monoisotopic (exact) mass is 658 g/mol. The maximum Gasteiger partial charge on any atom is 0.408 e. The second-order valence-electron chi connectivity index (χ2n) is 13.2. The largest absolute Gasteiger partial charge is 0.480 e. The van der Waals surface area contributed by atoms with Crippen molar-refractivity contribution in [3.63, 3.8) is 0 Å². The lowest BCUT2D eigenvalue weighted by Crippen LogP contribution is -2.48. The van der Waals surface area contributed by atoms with Gasteiger partial charge in [-0.05, 0) is 24.8 Å². The fraction of sp³-hybridized carbons (Fsp3) is 0.744. The predicted molar refractivity (Wildman–Crippen MR) is 190 cm³/mol. The molecule has 0 saturated carbocycles. The molecule has 0 radical (unpaired) electrons. The number of carboxylic acids is 1. The fourth-order valence-electron chi connectivity index (χ4n) is 6.00. The highest BCUT2D eigenvalue weighted by Gasteiger charge is 2.25. The average Bonchev–Trinajstić information content (AvgIpc) is 3.07. The molecule has 8 heteroatoms. The van der Waals surface area contributed by atoms with Crippen LogP contribution >= 0.6 is 0 Å². The summed E-state index contributed by atoms with van der Waals surface area (Å²) in [7, 11) is 0. The maximum absolute atomic E-state index is 13.4. The summed E-state index contributed by atoms with van der Waals surface area (Å²) in [6, 6.07) is 8.11. The minimum absolute atomic E-state index is 0.0359. The van der Waals surface area contributed by atoms with Crippen molar-refractivity contribution >= 4 is 23.8 Å². The summed E-state index contributed by atoms with van der Waals surface area (Å²) in [5.41, 5.74) is 0.800. The Morgan fingerprint density at radius 3 is 1.62 bits per heavy atom. The minimum atomic E-state index is -1.18. The van der Waals surface area contributed by atoms with Gasteiger partial charge in [0.25, 0.3) is 0 Å². The van der Waals surface area contributed by atoms with Crippen molar-refractivity contribution in [2.45, 2.75) is 174 Å². The molecule has 2 unspecified atom stereocenters. The van der Waals surface area contributed by atoms with Crippen LogP contribution in [0.1, 0.15) is 167 Å². The molecule has 0 aliphatic heterocycles. The lowest BCUT2D eigenvalue weighted by atomic mass is 9.88. The maximum atomic E-state index is 13.4. The Balaban J connectivity index is 2.48. The van der Waals surface area contributed by atoms with Crippen molar-refractivity contribution in [2.75, 3.05) is 6.54 Å². The molecule has 1 rings (SSSR count). The Kier molecular flexibility index (Phi) is 26.2. The van der Waals surface area contributed by atoms with Gasteiger partial charge in [-0.25, -0.2) is 4.79 Å². The highest BCUT2D eigenvalue weighted by molar-refractivity contribution is 5.89. The molecule has 0 aliphatic rings. The summed E-state index contributed by atoms with van der Waals surface area (Å²) in [4.78, 5) is 49.7. The molecule has 1 aromatic rings. The number of unbranched alkanes of at least 4 members (excludes halogenated alkanes) is 17. The van der Waals surface area contributed by atoms with E-state index in [4.69, 9.17) is 9.84 Å². The number of alkyl carbamates (subject to hydrolysis) is 1. The van der Waals surface area contributed by atoms with E-state index in [-0.39, 0.29) is 31.1 Å². The van der Waals surface area contributed by atoms with Gasteiger partial charge in [-0.3, -0.25) is 14.4 Å². The number of carbonyl (C=O) groups is 4. The molecule has 0 aromatic heterocycles. The van der Waals surface area contributed by atoms with Gasteiger partial charge in [-0.2, -0.15) is 0 Å². The van der Waals surface area contributed by atoms with Crippen molar-refractivity contribution in [2.24, 2.45) is 5.92 Å². The zero-order chi connectivity index (χ0) is 34.4. The molecule has 0 fully saturated rings. The fourth-order valence-corrected chi connectivity index (χ4v) is 6.00. The Morgan fingerprint density at radius 1 is 0.660 bits per heavy atom. The SMILES string of the molecule is CCCCCCCCCCCCCCCCCC(CCCCCC)C(=O)CCC(NC(=O)OCc1ccccc1)C(=O)NCC(=O)O. The Labute approximate surface area is 285 Å². The minimum Gasteiger partial charge on any atom is -0.480 e. The summed E-state index contributed by atoms with van der Waals surface area (Å²) in [5, 5.41) is 13.9. The van der Waals surface area contributed by atoms with Crippen molar-refractivity contribution in [3.8, 4) is 0 Å². The van der Waals surface area contributed by atoms with Crippen LogP contribution in [-0.4, -0.2) is 41.4 Å². The van der Waals surface area contributed by atoms with Crippen LogP contribution in [0, 0.1) is 5.92 Å². The molecule has 47 heavy (non-hydrogen) atoms. The Morgan fingerprint density at radius 2 is 1.13 bits per heavy atom. The zero-order valence-electron chi connectivity index (χ0n) is 29.7. The molecule has 268 valence electrons. The van der Waals surface area contributed by atoms with E-state index < -0.39 is 30.6 Å². The number of ketones is 1. The number of Topliss-reactive ketones (excluding diaryl/α,β-unsaturated/α-hetero) is 1. The first-order valence-corrected chi connectivity index (χ1v) is 18.9. The molecule has 1 aromatic carbocycles. The number of hydrogen-bond acceptors (Lipinski definition) is 5. The van der Waals surface area contributed by atoms with Gasteiger partial charge in [0, 0.05) is 12.3 Å². The molecule has 0 spiro atoms. The lowest BCUT2D eigenvalue weighted by molar-refractivity contribution is -0.138. The van der Waals surface area contributed by atoms with E-state index in [0.29, 0.717) is 0 Å². The number of hydrogen-bond donors (Lipinski definition) is 3. The third-order valence-corrected chi connectivity index (χ3v) is 8.93. The van der Waals surface area contributed by atoms with Gasteiger partial charge < -0.3 is 20.5 Å². The van der Waals surface area contributed by atoms with Crippen LogP contribution in [0.4, 0.5) is 4.79 Å². The number of benzene rings is 1. The van der Waals surface area contributed by atoms with Crippen LogP contribution in [0.5, 0.6) is 0 Å². The van der Waals surface area contributed by atoms with Gasteiger partial charge in [0.15, 0.2) is 0 Å².